The normalized spacial score (nSPS) is 20.0. The Hall–Kier alpha value is -1.57. The Kier molecular flexibility index (Phi) is 6.83. The number of piperazine rings is 1. The molecule has 1 aliphatic rings. The fourth-order valence-corrected chi connectivity index (χ4v) is 2.58. The molecule has 138 valence electrons. The van der Waals surface area contributed by atoms with Gasteiger partial charge in [-0.15, -0.1) is 0 Å². The smallest absolute Gasteiger partial charge is 0.410 e. The Morgan fingerprint density at radius 3 is 2.12 bits per heavy atom. The van der Waals surface area contributed by atoms with E-state index in [1.54, 1.807) is 25.7 Å². The van der Waals surface area contributed by atoms with Crippen LogP contribution in [0.5, 0.6) is 0 Å². The first-order valence-electron chi connectivity index (χ1n) is 7.91. The highest BCUT2D eigenvalue weighted by atomic mass is 19.4. The summed E-state index contributed by atoms with van der Waals surface area (Å²) in [4.78, 5) is 15.2. The van der Waals surface area contributed by atoms with E-state index in [1.165, 1.54) is 11.8 Å². The summed E-state index contributed by atoms with van der Waals surface area (Å²) in [7, 11) is 0. The monoisotopic (exact) mass is 349 g/mol. The number of nitrogens with zero attached hydrogens (tertiary/aromatic N) is 2. The van der Waals surface area contributed by atoms with Crippen molar-refractivity contribution in [3.8, 4) is 0 Å². The second kappa shape index (κ2) is 8.00. The number of nitrogens with one attached hydrogen (secondary N) is 1. The van der Waals surface area contributed by atoms with Crippen molar-refractivity contribution in [3.05, 3.63) is 12.2 Å². The Labute approximate surface area is 140 Å². The first-order valence-corrected chi connectivity index (χ1v) is 7.91. The van der Waals surface area contributed by atoms with Gasteiger partial charge in [0.15, 0.2) is 0 Å². The molecule has 0 saturated carbocycles. The van der Waals surface area contributed by atoms with Crippen LogP contribution in [0.4, 0.5) is 18.0 Å². The van der Waals surface area contributed by atoms with E-state index >= 15 is 0 Å². The Morgan fingerprint density at radius 2 is 1.71 bits per heavy atom. The summed E-state index contributed by atoms with van der Waals surface area (Å²) < 4.78 is 44.9. The van der Waals surface area contributed by atoms with Crippen molar-refractivity contribution >= 4 is 12.3 Å². The number of hydrogen-bond acceptors (Lipinski definition) is 4. The fourth-order valence-electron chi connectivity index (χ4n) is 2.58. The number of allylic oxidation sites excluding steroid dienone is 1. The van der Waals surface area contributed by atoms with E-state index < -0.39 is 29.8 Å². The molecule has 2 unspecified atom stereocenters. The lowest BCUT2D eigenvalue weighted by molar-refractivity contribution is -0.176. The minimum atomic E-state index is -4.37. The Morgan fingerprint density at radius 1 is 1.17 bits per heavy atom. The van der Waals surface area contributed by atoms with Crippen LogP contribution in [-0.2, 0) is 4.74 Å². The van der Waals surface area contributed by atoms with Gasteiger partial charge in [0.2, 0.25) is 0 Å². The van der Waals surface area contributed by atoms with Crippen LogP contribution in [0.1, 0.15) is 27.7 Å². The van der Waals surface area contributed by atoms with Gasteiger partial charge in [0, 0.05) is 38.4 Å². The maximum absolute atomic E-state index is 13.2. The van der Waals surface area contributed by atoms with Crippen LogP contribution in [0.25, 0.3) is 0 Å². The molecule has 0 spiro atoms. The van der Waals surface area contributed by atoms with Crippen molar-refractivity contribution < 1.29 is 22.7 Å². The number of amides is 1. The van der Waals surface area contributed by atoms with E-state index in [9.17, 15) is 18.0 Å². The number of halogens is 3. The summed E-state index contributed by atoms with van der Waals surface area (Å²) in [5, 5.41) is 6.88. The molecule has 1 heterocycles. The molecule has 0 aliphatic carbocycles. The number of ether oxygens (including phenoxy) is 1. The third-order valence-electron chi connectivity index (χ3n) is 3.85. The van der Waals surface area contributed by atoms with Crippen LogP contribution in [0.3, 0.4) is 0 Å². The number of carbonyl (C=O) groups is 1. The molecule has 0 aromatic rings. The molecule has 0 aromatic carbocycles. The van der Waals surface area contributed by atoms with Crippen molar-refractivity contribution in [2.24, 2.45) is 5.92 Å². The molecule has 0 radical (unpaired) electrons. The van der Waals surface area contributed by atoms with Crippen molar-refractivity contribution in [2.45, 2.75) is 45.5 Å². The van der Waals surface area contributed by atoms with E-state index in [0.29, 0.717) is 26.2 Å². The molecule has 1 fully saturated rings. The number of alkyl halides is 3. The SMILES string of the molecule is CC(C(/C=C\C=N)C(F)(F)F)N1CCN(C(=O)OC(C)(C)C)CC1. The van der Waals surface area contributed by atoms with Gasteiger partial charge in [0.05, 0.1) is 5.92 Å². The van der Waals surface area contributed by atoms with Gasteiger partial charge in [-0.05, 0) is 33.8 Å². The molecule has 8 heteroatoms. The zero-order chi connectivity index (χ0) is 18.5. The standard InChI is InChI=1S/C16H26F3N3O2/c1-12(13(6-5-7-20)16(17,18)19)21-8-10-22(11-9-21)14(23)24-15(2,3)4/h5-7,12-13,20H,8-11H2,1-4H3/b6-5-,20-7?. The molecule has 1 saturated heterocycles. The molecular formula is C16H26F3N3O2. The summed E-state index contributed by atoms with van der Waals surface area (Å²) in [5.41, 5.74) is -0.597. The molecule has 0 aromatic heterocycles. The molecule has 1 amide bonds. The highest BCUT2D eigenvalue weighted by Gasteiger charge is 2.43. The third kappa shape index (κ3) is 6.14. The summed E-state index contributed by atoms with van der Waals surface area (Å²) in [5.74, 6) is -1.65. The topological polar surface area (TPSA) is 56.6 Å². The van der Waals surface area contributed by atoms with Gasteiger partial charge in [-0.3, -0.25) is 4.90 Å². The number of rotatable bonds is 4. The zero-order valence-corrected chi connectivity index (χ0v) is 14.6. The minimum absolute atomic E-state index is 0.331. The summed E-state index contributed by atoms with van der Waals surface area (Å²) in [6.07, 6.45) is -1.86. The van der Waals surface area contributed by atoms with Gasteiger partial charge in [0.1, 0.15) is 5.60 Å². The summed E-state index contributed by atoms with van der Waals surface area (Å²) in [6, 6.07) is -0.762. The molecule has 1 rings (SSSR count). The first-order chi connectivity index (χ1) is 11.0. The quantitative estimate of drug-likeness (QED) is 0.792. The second-order valence-electron chi connectivity index (χ2n) is 6.86. The van der Waals surface area contributed by atoms with Crippen LogP contribution in [0.2, 0.25) is 0 Å². The van der Waals surface area contributed by atoms with Crippen LogP contribution >= 0.6 is 0 Å². The lowest BCUT2D eigenvalue weighted by Gasteiger charge is -2.40. The Balaban J connectivity index is 2.67. The van der Waals surface area contributed by atoms with Crippen molar-refractivity contribution in [2.75, 3.05) is 26.2 Å². The molecular weight excluding hydrogens is 323 g/mol. The second-order valence-corrected chi connectivity index (χ2v) is 6.86. The van der Waals surface area contributed by atoms with Crippen LogP contribution < -0.4 is 0 Å². The predicted octanol–water partition coefficient (Wildman–Crippen LogP) is 3.31. The molecule has 0 bridgehead atoms. The van der Waals surface area contributed by atoms with Crippen molar-refractivity contribution in [3.63, 3.8) is 0 Å². The highest BCUT2D eigenvalue weighted by molar-refractivity contribution is 5.68. The predicted molar refractivity (Wildman–Crippen MR) is 86.3 cm³/mol. The van der Waals surface area contributed by atoms with E-state index in [1.807, 2.05) is 0 Å². The zero-order valence-electron chi connectivity index (χ0n) is 14.6. The molecule has 1 N–H and O–H groups in total. The average molecular weight is 349 g/mol. The van der Waals surface area contributed by atoms with Gasteiger partial charge in [-0.1, -0.05) is 6.08 Å². The maximum atomic E-state index is 13.2. The first kappa shape index (κ1) is 20.5. The third-order valence-corrected chi connectivity index (χ3v) is 3.85. The van der Waals surface area contributed by atoms with Crippen molar-refractivity contribution in [1.29, 1.82) is 5.41 Å². The van der Waals surface area contributed by atoms with Gasteiger partial charge < -0.3 is 15.0 Å². The van der Waals surface area contributed by atoms with Gasteiger partial charge in [0.25, 0.3) is 0 Å². The Bertz CT molecular complexity index is 464. The highest BCUT2D eigenvalue weighted by Crippen LogP contribution is 2.32. The number of carbonyl (C=O) groups excluding carboxylic acids is 1. The molecule has 24 heavy (non-hydrogen) atoms. The van der Waals surface area contributed by atoms with Crippen LogP contribution in [0, 0.1) is 11.3 Å². The van der Waals surface area contributed by atoms with E-state index in [-0.39, 0.29) is 0 Å². The summed E-state index contributed by atoms with van der Waals surface area (Å²) in [6.45, 7) is 8.20. The summed E-state index contributed by atoms with van der Waals surface area (Å²) >= 11 is 0. The lowest BCUT2D eigenvalue weighted by Crippen LogP contribution is -2.54. The van der Waals surface area contributed by atoms with E-state index in [2.05, 4.69) is 0 Å². The van der Waals surface area contributed by atoms with Crippen LogP contribution in [-0.4, -0.2) is 66.1 Å². The van der Waals surface area contributed by atoms with Crippen LogP contribution in [0.15, 0.2) is 12.2 Å². The van der Waals surface area contributed by atoms with Crippen molar-refractivity contribution in [1.82, 2.24) is 9.80 Å². The fraction of sp³-hybridized carbons (Fsp3) is 0.750. The largest absolute Gasteiger partial charge is 0.444 e. The van der Waals surface area contributed by atoms with E-state index in [4.69, 9.17) is 10.1 Å². The van der Waals surface area contributed by atoms with Gasteiger partial charge in [-0.25, -0.2) is 4.79 Å². The molecule has 2 atom stereocenters. The lowest BCUT2D eigenvalue weighted by atomic mass is 9.97. The maximum Gasteiger partial charge on any atom is 0.410 e. The molecule has 5 nitrogen and oxygen atoms in total. The van der Waals surface area contributed by atoms with Gasteiger partial charge >= 0.3 is 12.3 Å². The number of hydrogen-bond donors (Lipinski definition) is 1. The minimum Gasteiger partial charge on any atom is -0.444 e. The van der Waals surface area contributed by atoms with Gasteiger partial charge in [-0.2, -0.15) is 13.2 Å². The average Bonchev–Trinajstić information content (AvgIpc) is 2.44. The molecule has 1 aliphatic heterocycles. The van der Waals surface area contributed by atoms with E-state index in [0.717, 1.165) is 18.4 Å².